The van der Waals surface area contributed by atoms with Crippen LogP contribution in [0.25, 0.3) is 10.9 Å². The molecule has 3 aromatic rings. The lowest BCUT2D eigenvalue weighted by Gasteiger charge is -2.14. The molecule has 0 saturated heterocycles. The molecule has 1 unspecified atom stereocenters. The smallest absolute Gasteiger partial charge is 0.326 e. The average molecular weight is 339 g/mol. The van der Waals surface area contributed by atoms with E-state index in [1.165, 1.54) is 24.3 Å². The van der Waals surface area contributed by atoms with E-state index in [2.05, 4.69) is 15.5 Å². The molecule has 3 rings (SSSR count). The van der Waals surface area contributed by atoms with Crippen LogP contribution >= 0.6 is 0 Å². The summed E-state index contributed by atoms with van der Waals surface area (Å²) in [6, 6.07) is 13.0. The molecule has 126 valence electrons. The van der Waals surface area contributed by atoms with Gasteiger partial charge in [-0.2, -0.15) is 0 Å². The van der Waals surface area contributed by atoms with Crippen LogP contribution in [0, 0.1) is 5.82 Å². The molecule has 0 bridgehead atoms. The van der Waals surface area contributed by atoms with E-state index in [1.807, 2.05) is 0 Å². The Hall–Kier alpha value is -3.35. The van der Waals surface area contributed by atoms with Gasteiger partial charge in [0, 0.05) is 11.8 Å². The Labute approximate surface area is 142 Å². The van der Waals surface area contributed by atoms with Crippen molar-refractivity contribution in [2.24, 2.45) is 0 Å². The van der Waals surface area contributed by atoms with Crippen molar-refractivity contribution >= 4 is 22.8 Å². The lowest BCUT2D eigenvalue weighted by molar-refractivity contribution is -0.139. The number of halogens is 1. The Morgan fingerprint density at radius 1 is 1.08 bits per heavy atom. The van der Waals surface area contributed by atoms with Crippen molar-refractivity contribution in [1.82, 2.24) is 15.5 Å². The maximum absolute atomic E-state index is 12.9. The van der Waals surface area contributed by atoms with Crippen LogP contribution in [0.1, 0.15) is 16.1 Å². The molecule has 7 heteroatoms. The summed E-state index contributed by atoms with van der Waals surface area (Å²) in [7, 11) is 0. The first-order valence-corrected chi connectivity index (χ1v) is 7.53. The fourth-order valence-electron chi connectivity index (χ4n) is 2.38. The lowest BCUT2D eigenvalue weighted by atomic mass is 10.1. The largest absolute Gasteiger partial charge is 0.480 e. The number of aromatic nitrogens is 2. The predicted molar refractivity (Wildman–Crippen MR) is 88.5 cm³/mol. The number of carbonyl (C=O) groups is 2. The molecule has 1 amide bonds. The number of carbonyl (C=O) groups excluding carboxylic acids is 1. The van der Waals surface area contributed by atoms with Crippen molar-refractivity contribution < 1.29 is 19.1 Å². The number of aliphatic carboxylic acids is 1. The van der Waals surface area contributed by atoms with Crippen LogP contribution in [0.2, 0.25) is 0 Å². The standard InChI is InChI=1S/C18H14FN3O3/c19-13-7-5-11(6-8-13)9-16(18(24)25)20-17(23)15-10-12-3-1-2-4-14(12)21-22-15/h1-8,10,16H,9H2,(H,20,23)(H,24,25). The fraction of sp³-hybridized carbons (Fsp3) is 0.111. The van der Waals surface area contributed by atoms with Crippen LogP contribution < -0.4 is 5.32 Å². The van der Waals surface area contributed by atoms with Crippen molar-refractivity contribution in [3.05, 3.63) is 71.7 Å². The summed E-state index contributed by atoms with van der Waals surface area (Å²) in [5.41, 5.74) is 1.27. The first-order chi connectivity index (χ1) is 12.0. The van der Waals surface area contributed by atoms with Crippen LogP contribution in [-0.4, -0.2) is 33.2 Å². The number of amides is 1. The second kappa shape index (κ2) is 7.04. The number of nitrogens with one attached hydrogen (secondary N) is 1. The highest BCUT2D eigenvalue weighted by atomic mass is 19.1. The first-order valence-electron chi connectivity index (χ1n) is 7.53. The number of nitrogens with zero attached hydrogens (tertiary/aromatic N) is 2. The van der Waals surface area contributed by atoms with Gasteiger partial charge in [-0.3, -0.25) is 4.79 Å². The van der Waals surface area contributed by atoms with Gasteiger partial charge in [0.15, 0.2) is 5.69 Å². The molecule has 0 aliphatic heterocycles. The van der Waals surface area contributed by atoms with E-state index in [0.717, 1.165) is 5.39 Å². The second-order valence-electron chi connectivity index (χ2n) is 5.48. The predicted octanol–water partition coefficient (Wildman–Crippen LogP) is 2.19. The molecule has 1 atom stereocenters. The molecule has 0 fully saturated rings. The monoisotopic (exact) mass is 339 g/mol. The molecular weight excluding hydrogens is 325 g/mol. The third-order valence-electron chi connectivity index (χ3n) is 3.68. The lowest BCUT2D eigenvalue weighted by Crippen LogP contribution is -2.42. The summed E-state index contributed by atoms with van der Waals surface area (Å²) in [4.78, 5) is 23.7. The second-order valence-corrected chi connectivity index (χ2v) is 5.48. The van der Waals surface area contributed by atoms with E-state index in [1.54, 1.807) is 30.3 Å². The van der Waals surface area contributed by atoms with Gasteiger partial charge in [0.05, 0.1) is 5.52 Å². The maximum Gasteiger partial charge on any atom is 0.326 e. The molecule has 0 aliphatic carbocycles. The van der Waals surface area contributed by atoms with Gasteiger partial charge < -0.3 is 10.4 Å². The zero-order chi connectivity index (χ0) is 17.8. The molecule has 0 aliphatic rings. The van der Waals surface area contributed by atoms with E-state index >= 15 is 0 Å². The molecule has 25 heavy (non-hydrogen) atoms. The molecule has 1 aromatic heterocycles. The van der Waals surface area contributed by atoms with Gasteiger partial charge in [-0.15, -0.1) is 10.2 Å². The Morgan fingerprint density at radius 3 is 2.52 bits per heavy atom. The van der Waals surface area contributed by atoms with Gasteiger partial charge in [-0.1, -0.05) is 30.3 Å². The molecule has 2 aromatic carbocycles. The fourth-order valence-corrected chi connectivity index (χ4v) is 2.38. The van der Waals surface area contributed by atoms with Gasteiger partial charge in [0.1, 0.15) is 11.9 Å². The van der Waals surface area contributed by atoms with Gasteiger partial charge in [0.2, 0.25) is 0 Å². The summed E-state index contributed by atoms with van der Waals surface area (Å²) in [6.45, 7) is 0. The van der Waals surface area contributed by atoms with Crippen molar-refractivity contribution in [3.63, 3.8) is 0 Å². The molecule has 0 saturated carbocycles. The number of hydrogen-bond donors (Lipinski definition) is 2. The molecule has 0 radical (unpaired) electrons. The minimum absolute atomic E-state index is 0.0301. The molecule has 6 nitrogen and oxygen atoms in total. The summed E-state index contributed by atoms with van der Waals surface area (Å²) in [5, 5.41) is 20.3. The third kappa shape index (κ3) is 3.95. The van der Waals surface area contributed by atoms with Crippen LogP contribution in [0.4, 0.5) is 4.39 Å². The number of carboxylic acids is 1. The highest BCUT2D eigenvalue weighted by Gasteiger charge is 2.22. The zero-order valence-corrected chi connectivity index (χ0v) is 13.0. The van der Waals surface area contributed by atoms with E-state index in [-0.39, 0.29) is 12.1 Å². The molecular formula is C18H14FN3O3. The van der Waals surface area contributed by atoms with Crippen molar-refractivity contribution in [2.45, 2.75) is 12.5 Å². The minimum atomic E-state index is -1.19. The van der Waals surface area contributed by atoms with Crippen LogP contribution in [0.3, 0.4) is 0 Å². The molecule has 0 spiro atoms. The Kier molecular flexibility index (Phi) is 4.65. The van der Waals surface area contributed by atoms with Crippen molar-refractivity contribution in [1.29, 1.82) is 0 Å². The van der Waals surface area contributed by atoms with Gasteiger partial charge >= 0.3 is 5.97 Å². The SMILES string of the molecule is O=C(NC(Cc1ccc(F)cc1)C(=O)O)c1cc2ccccc2nn1. The Bertz CT molecular complexity index is 928. The minimum Gasteiger partial charge on any atom is -0.480 e. The average Bonchev–Trinajstić information content (AvgIpc) is 2.62. The van der Waals surface area contributed by atoms with E-state index < -0.39 is 23.7 Å². The van der Waals surface area contributed by atoms with Crippen molar-refractivity contribution in [3.8, 4) is 0 Å². The zero-order valence-electron chi connectivity index (χ0n) is 13.0. The molecule has 2 N–H and O–H groups in total. The number of hydrogen-bond acceptors (Lipinski definition) is 4. The van der Waals surface area contributed by atoms with Gasteiger partial charge in [-0.25, -0.2) is 9.18 Å². The Balaban J connectivity index is 1.77. The van der Waals surface area contributed by atoms with Crippen LogP contribution in [0.5, 0.6) is 0 Å². The highest BCUT2D eigenvalue weighted by molar-refractivity contribution is 5.97. The number of fused-ring (bicyclic) bond motifs is 1. The van der Waals surface area contributed by atoms with E-state index in [0.29, 0.717) is 11.1 Å². The van der Waals surface area contributed by atoms with Crippen LogP contribution in [-0.2, 0) is 11.2 Å². The number of benzene rings is 2. The van der Waals surface area contributed by atoms with Crippen molar-refractivity contribution in [2.75, 3.05) is 0 Å². The number of carboxylic acid groups (broad SMARTS) is 1. The van der Waals surface area contributed by atoms with Gasteiger partial charge in [0.25, 0.3) is 5.91 Å². The normalized spacial score (nSPS) is 11.9. The topological polar surface area (TPSA) is 92.2 Å². The Morgan fingerprint density at radius 2 is 1.80 bits per heavy atom. The van der Waals surface area contributed by atoms with Crippen LogP contribution in [0.15, 0.2) is 54.6 Å². The van der Waals surface area contributed by atoms with E-state index in [4.69, 9.17) is 0 Å². The third-order valence-corrected chi connectivity index (χ3v) is 3.68. The summed E-state index contributed by atoms with van der Waals surface area (Å²) < 4.78 is 12.9. The highest BCUT2D eigenvalue weighted by Crippen LogP contribution is 2.11. The summed E-state index contributed by atoms with van der Waals surface area (Å²) in [5.74, 6) is -2.23. The number of rotatable bonds is 5. The maximum atomic E-state index is 12.9. The van der Waals surface area contributed by atoms with E-state index in [9.17, 15) is 19.1 Å². The summed E-state index contributed by atoms with van der Waals surface area (Å²) in [6.07, 6.45) is 0.0301. The molecule has 1 heterocycles. The summed E-state index contributed by atoms with van der Waals surface area (Å²) >= 11 is 0. The van der Waals surface area contributed by atoms with Gasteiger partial charge in [-0.05, 0) is 29.8 Å². The first kappa shape index (κ1) is 16.5. The quantitative estimate of drug-likeness (QED) is 0.743.